The number of likely N-dealkylation sites (tertiary alicyclic amines) is 1. The Morgan fingerprint density at radius 2 is 1.87 bits per heavy atom. The van der Waals surface area contributed by atoms with Gasteiger partial charge in [0.25, 0.3) is 5.91 Å². The Hall–Kier alpha value is -3.69. The molecule has 5 heterocycles. The Kier molecular flexibility index (Phi) is 7.75. The summed E-state index contributed by atoms with van der Waals surface area (Å²) in [5.41, 5.74) is -0.436. The molecule has 2 aromatic heterocycles. The van der Waals surface area contributed by atoms with Crippen molar-refractivity contribution in [1.29, 1.82) is 5.26 Å². The average Bonchev–Trinajstić information content (AvgIpc) is 3.64. The summed E-state index contributed by atoms with van der Waals surface area (Å²) in [6.45, 7) is 0.413. The normalized spacial score (nSPS) is 27.7. The number of benzene rings is 1. The highest BCUT2D eigenvalue weighted by Gasteiger charge is 2.54. The Labute approximate surface area is 268 Å². The number of hydrogen-bond donors (Lipinski definition) is 3. The van der Waals surface area contributed by atoms with Crippen molar-refractivity contribution in [3.63, 3.8) is 0 Å². The van der Waals surface area contributed by atoms with Crippen LogP contribution < -0.4 is 5.32 Å². The molecule has 14 heteroatoms. The summed E-state index contributed by atoms with van der Waals surface area (Å²) in [5.74, 6) is -2.69. The van der Waals surface area contributed by atoms with Crippen LogP contribution in [-0.4, -0.2) is 73.5 Å². The van der Waals surface area contributed by atoms with E-state index in [0.717, 1.165) is 30.6 Å². The van der Waals surface area contributed by atoms with Gasteiger partial charge in [0.15, 0.2) is 0 Å². The molecule has 6 atom stereocenters. The number of carbonyl (C=O) groups is 3. The van der Waals surface area contributed by atoms with Crippen LogP contribution in [0.2, 0.25) is 0 Å². The zero-order valence-corrected chi connectivity index (χ0v) is 26.5. The van der Waals surface area contributed by atoms with E-state index in [1.165, 1.54) is 24.3 Å². The van der Waals surface area contributed by atoms with E-state index >= 15 is 0 Å². The number of alkyl halides is 1. The maximum atomic E-state index is 14.3. The van der Waals surface area contributed by atoms with E-state index in [1.54, 1.807) is 28.1 Å². The Morgan fingerprint density at radius 3 is 2.54 bits per heavy atom. The molecule has 11 nitrogen and oxygen atoms in total. The first-order chi connectivity index (χ1) is 22.0. The third-order valence-electron chi connectivity index (χ3n) is 10.3. The maximum Gasteiger partial charge on any atom is 0.363 e. The van der Waals surface area contributed by atoms with Crippen molar-refractivity contribution in [1.82, 2.24) is 20.1 Å². The fourth-order valence-corrected chi connectivity index (χ4v) is 9.15. The highest BCUT2D eigenvalue weighted by Crippen LogP contribution is 2.53. The molecule has 4 fully saturated rings. The number of halogens is 1. The minimum atomic E-state index is -4.99. The lowest BCUT2D eigenvalue weighted by Crippen LogP contribution is -2.65. The second-order valence-electron chi connectivity index (χ2n) is 13.0. The van der Waals surface area contributed by atoms with Gasteiger partial charge in [-0.2, -0.15) is 5.26 Å². The maximum absolute atomic E-state index is 14.3. The SMILES string of the molecule is N#CC1(c2ccccn2)CN(C(=O)[C@@H]2CC[C@@H]3C[C@@H]4CC[C@@H]4C[C@H](NC(=O)c4cc5cc([C@@H](F)P(=O)(O)O)ccc5s4)C(=O)N32)C1. The number of carbonyl (C=O) groups excluding carboxylic acids is 3. The second kappa shape index (κ2) is 11.5. The zero-order chi connectivity index (χ0) is 32.4. The third kappa shape index (κ3) is 5.31. The van der Waals surface area contributed by atoms with E-state index in [-0.39, 0.29) is 41.4 Å². The molecule has 0 unspecified atom stereocenters. The molecular formula is C32H33FN5O6PS. The van der Waals surface area contributed by atoms with Gasteiger partial charge in [-0.25, -0.2) is 4.39 Å². The fourth-order valence-electron chi connectivity index (χ4n) is 7.66. The summed E-state index contributed by atoms with van der Waals surface area (Å²) in [4.78, 5) is 68.1. The molecule has 1 aliphatic carbocycles. The predicted molar refractivity (Wildman–Crippen MR) is 166 cm³/mol. The van der Waals surface area contributed by atoms with E-state index in [4.69, 9.17) is 0 Å². The number of hydrogen-bond acceptors (Lipinski definition) is 7. The molecule has 3 N–H and O–H groups in total. The fraction of sp³-hybridized carbons (Fsp3) is 0.469. The smallest absolute Gasteiger partial charge is 0.340 e. The Morgan fingerprint density at radius 1 is 1.11 bits per heavy atom. The number of aromatic nitrogens is 1. The van der Waals surface area contributed by atoms with Crippen LogP contribution >= 0.6 is 18.9 Å². The molecule has 3 aromatic rings. The van der Waals surface area contributed by atoms with Gasteiger partial charge in [-0.05, 0) is 91.6 Å². The quantitative estimate of drug-likeness (QED) is 0.333. The molecule has 0 spiro atoms. The van der Waals surface area contributed by atoms with E-state index in [0.29, 0.717) is 46.9 Å². The predicted octanol–water partition coefficient (Wildman–Crippen LogP) is 4.02. The van der Waals surface area contributed by atoms with Gasteiger partial charge in [-0.15, -0.1) is 11.3 Å². The average molecular weight is 666 g/mol. The first-order valence-corrected chi connectivity index (χ1v) is 17.9. The highest BCUT2D eigenvalue weighted by atomic mass is 32.1. The monoisotopic (exact) mass is 665 g/mol. The van der Waals surface area contributed by atoms with E-state index in [2.05, 4.69) is 16.4 Å². The number of nitrogens with one attached hydrogen (secondary N) is 1. The molecule has 3 amide bonds. The molecule has 3 saturated heterocycles. The van der Waals surface area contributed by atoms with Gasteiger partial charge in [0.05, 0.1) is 16.6 Å². The van der Waals surface area contributed by atoms with E-state index in [1.807, 2.05) is 6.07 Å². The van der Waals surface area contributed by atoms with Crippen molar-refractivity contribution < 1.29 is 33.1 Å². The minimum Gasteiger partial charge on any atom is -0.340 e. The summed E-state index contributed by atoms with van der Waals surface area (Å²) < 4.78 is 26.4. The lowest BCUT2D eigenvalue weighted by atomic mass is 9.67. The topological polar surface area (TPSA) is 164 Å². The van der Waals surface area contributed by atoms with Crippen molar-refractivity contribution in [2.45, 2.75) is 68.0 Å². The number of thiophene rings is 1. The molecule has 240 valence electrons. The van der Waals surface area contributed by atoms with Crippen molar-refractivity contribution in [3.8, 4) is 6.07 Å². The summed E-state index contributed by atoms with van der Waals surface area (Å²) in [7, 11) is -4.99. The molecule has 7 rings (SSSR count). The summed E-state index contributed by atoms with van der Waals surface area (Å²) in [6.07, 6.45) is 6.19. The van der Waals surface area contributed by atoms with Gasteiger partial charge < -0.3 is 24.9 Å². The highest BCUT2D eigenvalue weighted by molar-refractivity contribution is 7.51. The Balaban J connectivity index is 1.10. The first kappa shape index (κ1) is 30.9. The van der Waals surface area contributed by atoms with Crippen LogP contribution in [0.1, 0.15) is 65.4 Å². The molecule has 1 saturated carbocycles. The van der Waals surface area contributed by atoms with Gasteiger partial charge in [0, 0.05) is 30.0 Å². The van der Waals surface area contributed by atoms with Crippen LogP contribution in [-0.2, 0) is 19.6 Å². The third-order valence-corrected chi connectivity index (χ3v) is 12.3. The summed E-state index contributed by atoms with van der Waals surface area (Å²) in [5, 5.41) is 13.4. The largest absolute Gasteiger partial charge is 0.363 e. The van der Waals surface area contributed by atoms with E-state index in [9.17, 15) is 38.4 Å². The first-order valence-electron chi connectivity index (χ1n) is 15.4. The lowest BCUT2D eigenvalue weighted by Gasteiger charge is -2.48. The van der Waals surface area contributed by atoms with Crippen LogP contribution in [0.4, 0.5) is 4.39 Å². The van der Waals surface area contributed by atoms with Crippen LogP contribution in [0.15, 0.2) is 48.7 Å². The molecule has 46 heavy (non-hydrogen) atoms. The number of pyridine rings is 1. The zero-order valence-electron chi connectivity index (χ0n) is 24.8. The van der Waals surface area contributed by atoms with Crippen molar-refractivity contribution >= 4 is 46.7 Å². The molecule has 1 aromatic carbocycles. The Bertz CT molecular complexity index is 1800. The summed E-state index contributed by atoms with van der Waals surface area (Å²) in [6, 6.07) is 11.8. The van der Waals surface area contributed by atoms with Gasteiger partial charge in [-0.3, -0.25) is 23.9 Å². The molecule has 0 bridgehead atoms. The lowest BCUT2D eigenvalue weighted by molar-refractivity contribution is -0.152. The van der Waals surface area contributed by atoms with Crippen molar-refractivity contribution in [2.24, 2.45) is 11.8 Å². The minimum absolute atomic E-state index is 0.0999. The number of fused-ring (bicyclic) bond motifs is 3. The van der Waals surface area contributed by atoms with Crippen molar-refractivity contribution in [2.75, 3.05) is 13.1 Å². The number of nitrogens with zero attached hydrogens (tertiary/aromatic N) is 4. The van der Waals surface area contributed by atoms with Gasteiger partial charge >= 0.3 is 7.60 Å². The van der Waals surface area contributed by atoms with Crippen LogP contribution in [0.3, 0.4) is 0 Å². The van der Waals surface area contributed by atoms with Crippen LogP contribution in [0, 0.1) is 23.2 Å². The van der Waals surface area contributed by atoms with Crippen LogP contribution in [0.5, 0.6) is 0 Å². The van der Waals surface area contributed by atoms with E-state index < -0.39 is 36.9 Å². The number of nitriles is 1. The van der Waals surface area contributed by atoms with Gasteiger partial charge in [-0.1, -0.05) is 12.1 Å². The number of amides is 3. The molecule has 3 aliphatic heterocycles. The van der Waals surface area contributed by atoms with Crippen molar-refractivity contribution in [3.05, 3.63) is 64.8 Å². The number of rotatable bonds is 6. The standard InChI is InChI=1S/C32H33FN5O6PS/c33-28(45(42,43)44)20-6-9-25-21(11-20)14-26(46-25)29(39)36-23-13-19-5-4-18(19)12-22-7-8-24(38(22)30(23)40)31(41)37-16-32(15-34,17-37)27-3-1-2-10-35-27/h1-3,6,9-11,14,18-19,22-24,28H,4-5,7-8,12-13,16-17H2,(H,36,39)(H2,42,43,44)/t18-,19+,22+,23-,24-,28-/m0/s1. The van der Waals surface area contributed by atoms with Gasteiger partial charge in [0.2, 0.25) is 17.7 Å². The molecule has 4 aliphatic rings. The summed E-state index contributed by atoms with van der Waals surface area (Å²) >= 11 is 1.14. The van der Waals surface area contributed by atoms with Gasteiger partial charge in [0.1, 0.15) is 17.5 Å². The van der Waals surface area contributed by atoms with Crippen LogP contribution in [0.25, 0.3) is 10.1 Å². The molecule has 0 radical (unpaired) electrons. The second-order valence-corrected chi connectivity index (χ2v) is 15.7. The molecular weight excluding hydrogens is 632 g/mol.